The molecule has 4 aliphatic rings. The van der Waals surface area contributed by atoms with Crippen molar-refractivity contribution in [2.24, 2.45) is 40.9 Å². The number of rotatable bonds is 5. The minimum Gasteiger partial charge on any atom is -0.507 e. The van der Waals surface area contributed by atoms with E-state index in [1.54, 1.807) is 0 Å². The van der Waals surface area contributed by atoms with Crippen molar-refractivity contribution in [3.05, 3.63) is 16.7 Å². The van der Waals surface area contributed by atoms with E-state index in [9.17, 15) is 19.8 Å². The molecule has 5 heteroatoms. The zero-order valence-electron chi connectivity index (χ0n) is 20.6. The Balaban J connectivity index is 1.65. The highest BCUT2D eigenvalue weighted by atomic mass is 16.5. The summed E-state index contributed by atoms with van der Waals surface area (Å²) >= 11 is 0. The summed E-state index contributed by atoms with van der Waals surface area (Å²) in [7, 11) is 0. The molecule has 1 aromatic rings. The smallest absolute Gasteiger partial charge is 0.157 e. The first kappa shape index (κ1) is 22.7. The third-order valence-electron chi connectivity index (χ3n) is 9.97. The molecule has 7 atom stereocenters. The van der Waals surface area contributed by atoms with Gasteiger partial charge in [-0.15, -0.1) is 0 Å². The number of ether oxygens (including phenoxy) is 1. The second kappa shape index (κ2) is 7.48. The average Bonchev–Trinajstić information content (AvgIpc) is 3.35. The number of hydrogen-bond acceptors (Lipinski definition) is 5. The Bertz CT molecular complexity index is 997. The van der Waals surface area contributed by atoms with Crippen molar-refractivity contribution >= 4 is 12.6 Å². The van der Waals surface area contributed by atoms with Crippen LogP contribution >= 0.6 is 0 Å². The third kappa shape index (κ3) is 2.89. The number of carbonyl (C=O) groups excluding carboxylic acids is 2. The fourth-order valence-corrected chi connectivity index (χ4v) is 8.73. The van der Waals surface area contributed by atoms with E-state index in [0.717, 1.165) is 25.7 Å². The van der Waals surface area contributed by atoms with Gasteiger partial charge in [0.1, 0.15) is 22.8 Å². The molecule has 180 valence electrons. The van der Waals surface area contributed by atoms with Gasteiger partial charge in [0.05, 0.1) is 11.1 Å². The van der Waals surface area contributed by atoms with Gasteiger partial charge in [0.15, 0.2) is 12.6 Å². The molecule has 0 bridgehead atoms. The summed E-state index contributed by atoms with van der Waals surface area (Å²) in [5.74, 6) is 3.09. The van der Waals surface area contributed by atoms with Crippen molar-refractivity contribution < 1.29 is 24.5 Å². The number of carbonyl (C=O) groups is 2. The molecular weight excluding hydrogens is 416 g/mol. The van der Waals surface area contributed by atoms with Crippen LogP contribution in [0.25, 0.3) is 0 Å². The van der Waals surface area contributed by atoms with Crippen LogP contribution in [0.3, 0.4) is 0 Å². The van der Waals surface area contributed by atoms with Crippen LogP contribution in [0.5, 0.6) is 17.2 Å². The van der Waals surface area contributed by atoms with Gasteiger partial charge in [-0.05, 0) is 79.4 Å². The highest BCUT2D eigenvalue weighted by Gasteiger charge is 2.80. The van der Waals surface area contributed by atoms with Crippen LogP contribution < -0.4 is 4.74 Å². The summed E-state index contributed by atoms with van der Waals surface area (Å²) < 4.78 is 6.83. The minimum absolute atomic E-state index is 0.00996. The van der Waals surface area contributed by atoms with Crippen LogP contribution in [0.1, 0.15) is 105 Å². The van der Waals surface area contributed by atoms with E-state index >= 15 is 0 Å². The first-order valence-corrected chi connectivity index (χ1v) is 12.8. The second-order valence-electron chi connectivity index (χ2n) is 12.2. The van der Waals surface area contributed by atoms with E-state index in [1.807, 2.05) is 0 Å². The van der Waals surface area contributed by atoms with Gasteiger partial charge in [0, 0.05) is 11.5 Å². The highest BCUT2D eigenvalue weighted by molar-refractivity contribution is 5.95. The Morgan fingerprint density at radius 3 is 2.33 bits per heavy atom. The molecule has 0 radical (unpaired) electrons. The van der Waals surface area contributed by atoms with Crippen molar-refractivity contribution in [3.8, 4) is 17.2 Å². The molecule has 5 rings (SSSR count). The lowest BCUT2D eigenvalue weighted by Gasteiger charge is -2.44. The van der Waals surface area contributed by atoms with Crippen molar-refractivity contribution in [1.82, 2.24) is 0 Å². The molecule has 1 aliphatic heterocycles. The first-order chi connectivity index (χ1) is 15.6. The molecule has 1 aromatic carbocycles. The number of phenolic OH excluding ortho intramolecular Hbond substituents is 2. The summed E-state index contributed by atoms with van der Waals surface area (Å²) in [5.41, 5.74) is 0.287. The third-order valence-corrected chi connectivity index (χ3v) is 9.97. The second-order valence-corrected chi connectivity index (χ2v) is 12.2. The fraction of sp³-hybridized carbons (Fsp3) is 0.714. The number of fused-ring (bicyclic) bond motifs is 3. The van der Waals surface area contributed by atoms with Gasteiger partial charge in [-0.25, -0.2) is 0 Å². The maximum atomic E-state index is 12.1. The summed E-state index contributed by atoms with van der Waals surface area (Å²) in [6.07, 6.45) is 7.29. The van der Waals surface area contributed by atoms with Crippen molar-refractivity contribution in [2.45, 2.75) is 84.7 Å². The lowest BCUT2D eigenvalue weighted by atomic mass is 9.69. The Morgan fingerprint density at radius 2 is 1.73 bits per heavy atom. The molecule has 3 fully saturated rings. The molecule has 0 saturated heterocycles. The van der Waals surface area contributed by atoms with Gasteiger partial charge >= 0.3 is 0 Å². The maximum absolute atomic E-state index is 12.1. The summed E-state index contributed by atoms with van der Waals surface area (Å²) in [6, 6.07) is 0. The normalized spacial score (nSPS) is 38.6. The van der Waals surface area contributed by atoms with Crippen molar-refractivity contribution in [3.63, 3.8) is 0 Å². The van der Waals surface area contributed by atoms with Crippen LogP contribution in [0.4, 0.5) is 0 Å². The quantitative estimate of drug-likeness (QED) is 0.525. The zero-order chi connectivity index (χ0) is 23.9. The number of hydrogen-bond donors (Lipinski definition) is 2. The summed E-state index contributed by atoms with van der Waals surface area (Å²) in [5, 5.41) is 21.7. The molecule has 2 spiro atoms. The number of benzene rings is 1. The Morgan fingerprint density at radius 1 is 1.03 bits per heavy atom. The molecular formula is C28H38O5. The number of aldehydes is 2. The van der Waals surface area contributed by atoms with E-state index < -0.39 is 5.75 Å². The van der Waals surface area contributed by atoms with Gasteiger partial charge in [-0.3, -0.25) is 9.59 Å². The monoisotopic (exact) mass is 454 g/mol. The molecule has 33 heavy (non-hydrogen) atoms. The molecule has 2 N–H and O–H groups in total. The SMILES string of the molecule is CC(C)C[C@@H]1C[C@@]2(CC[C@]34[C@@H]([C@H](C(C)C)CC[C@H]3C)[C@@H]24)Oc2c(C=O)c(O)c(C=O)c(O)c21. The zero-order valence-corrected chi connectivity index (χ0v) is 20.6. The Labute approximate surface area is 196 Å². The van der Waals surface area contributed by atoms with Crippen LogP contribution in [0.2, 0.25) is 0 Å². The molecule has 5 nitrogen and oxygen atoms in total. The van der Waals surface area contributed by atoms with E-state index in [4.69, 9.17) is 4.74 Å². The van der Waals surface area contributed by atoms with Gasteiger partial charge in [-0.2, -0.15) is 0 Å². The molecule has 3 saturated carbocycles. The van der Waals surface area contributed by atoms with Gasteiger partial charge in [0.2, 0.25) is 0 Å². The average molecular weight is 455 g/mol. The van der Waals surface area contributed by atoms with Crippen LogP contribution in [-0.2, 0) is 0 Å². The predicted octanol–water partition coefficient (Wildman–Crippen LogP) is 6.10. The first-order valence-electron chi connectivity index (χ1n) is 12.8. The van der Waals surface area contributed by atoms with Crippen molar-refractivity contribution in [2.75, 3.05) is 0 Å². The molecule has 3 aliphatic carbocycles. The topological polar surface area (TPSA) is 83.8 Å². The standard InChI is InChI=1S/C28H38O5/c1-14(2)10-17-11-27(33-25-20(13-30)23(31)19(12-29)24(32)21(17)25)8-9-28-16(5)6-7-18(15(3)4)22(28)26(27)28/h12-18,22,26,31-32H,6-11H2,1-5H3/t16-,17-,18+,22+,26+,27-,28-/m1/s1. The van der Waals surface area contributed by atoms with E-state index in [1.165, 1.54) is 12.8 Å². The highest BCUT2D eigenvalue weighted by Crippen LogP contribution is 2.82. The number of aromatic hydroxyl groups is 2. The lowest BCUT2D eigenvalue weighted by molar-refractivity contribution is 0.00397. The summed E-state index contributed by atoms with van der Waals surface area (Å²) in [6.45, 7) is 11.4. The molecule has 0 amide bonds. The summed E-state index contributed by atoms with van der Waals surface area (Å²) in [4.78, 5) is 23.8. The van der Waals surface area contributed by atoms with Gasteiger partial charge in [0.25, 0.3) is 0 Å². The molecule has 0 aromatic heterocycles. The lowest BCUT2D eigenvalue weighted by Crippen LogP contribution is -2.43. The molecule has 1 heterocycles. The predicted molar refractivity (Wildman–Crippen MR) is 126 cm³/mol. The van der Waals surface area contributed by atoms with E-state index in [0.29, 0.717) is 64.8 Å². The Hall–Kier alpha value is -2.04. The fourth-order valence-electron chi connectivity index (χ4n) is 8.73. The molecule has 0 unspecified atom stereocenters. The van der Waals surface area contributed by atoms with Crippen LogP contribution in [0.15, 0.2) is 0 Å². The van der Waals surface area contributed by atoms with Crippen molar-refractivity contribution in [1.29, 1.82) is 0 Å². The van der Waals surface area contributed by atoms with Crippen LogP contribution in [0, 0.1) is 40.9 Å². The largest absolute Gasteiger partial charge is 0.507 e. The van der Waals surface area contributed by atoms with E-state index in [-0.39, 0.29) is 28.4 Å². The minimum atomic E-state index is -0.467. The maximum Gasteiger partial charge on any atom is 0.157 e. The van der Waals surface area contributed by atoms with Gasteiger partial charge in [-0.1, -0.05) is 34.6 Å². The van der Waals surface area contributed by atoms with Crippen LogP contribution in [-0.4, -0.2) is 28.4 Å². The number of phenols is 2. The van der Waals surface area contributed by atoms with Gasteiger partial charge < -0.3 is 14.9 Å². The Kier molecular flexibility index (Phi) is 5.15. The van der Waals surface area contributed by atoms with E-state index in [2.05, 4.69) is 34.6 Å².